The van der Waals surface area contributed by atoms with Crippen molar-refractivity contribution in [3.8, 4) is 0 Å². The van der Waals surface area contributed by atoms with Crippen LogP contribution in [0.1, 0.15) is 31.4 Å². The Hall–Kier alpha value is -0.230. The molecular weight excluding hydrogens is 326 g/mol. The van der Waals surface area contributed by atoms with Crippen molar-refractivity contribution < 1.29 is 8.42 Å². The highest BCUT2D eigenvalue weighted by atomic mass is 35.5. The first-order valence-corrected chi connectivity index (χ1v) is 10.3. The first-order valence-electron chi connectivity index (χ1n) is 7.32. The third kappa shape index (κ3) is 3.76. The molecule has 0 radical (unpaired) electrons. The van der Waals surface area contributed by atoms with Crippen LogP contribution in [0.4, 0.5) is 0 Å². The van der Waals surface area contributed by atoms with Crippen LogP contribution in [0.2, 0.25) is 0 Å². The summed E-state index contributed by atoms with van der Waals surface area (Å²) in [5.41, 5.74) is 1.72. The second-order valence-electron chi connectivity index (χ2n) is 5.19. The van der Waals surface area contributed by atoms with Gasteiger partial charge >= 0.3 is 0 Å². The summed E-state index contributed by atoms with van der Waals surface area (Å²) in [5.74, 6) is 1.20. The van der Waals surface area contributed by atoms with Gasteiger partial charge in [-0.15, -0.1) is 11.6 Å². The monoisotopic (exact) mass is 347 g/mol. The molecule has 1 unspecified atom stereocenters. The highest BCUT2D eigenvalue weighted by molar-refractivity contribution is 8.00. The van der Waals surface area contributed by atoms with Crippen molar-refractivity contribution in [3.05, 3.63) is 29.3 Å². The number of sulfonamides is 1. The summed E-state index contributed by atoms with van der Waals surface area (Å²) in [4.78, 5) is 0.435. The third-order valence-electron chi connectivity index (χ3n) is 3.84. The lowest BCUT2D eigenvalue weighted by molar-refractivity contribution is 0.415. The van der Waals surface area contributed by atoms with Crippen LogP contribution in [0, 0.1) is 0 Å². The molecule has 3 nitrogen and oxygen atoms in total. The molecule has 1 aromatic carbocycles. The highest BCUT2D eigenvalue weighted by Crippen LogP contribution is 2.28. The Balaban J connectivity index is 2.38. The standard InChI is InChI=1S/C15H22ClNO2S2/c1-3-13-6-5-12(10-16)9-15(13)21(18,19)17-7-8-20-14(4-2)11-17/h5-6,9,14H,3-4,7-8,10-11H2,1-2H3. The van der Waals surface area contributed by atoms with Crippen molar-refractivity contribution in [2.75, 3.05) is 18.8 Å². The number of halogens is 1. The molecule has 0 aliphatic carbocycles. The van der Waals surface area contributed by atoms with Gasteiger partial charge in [-0.1, -0.05) is 26.0 Å². The Morgan fingerprint density at radius 2 is 2.14 bits per heavy atom. The fourth-order valence-electron chi connectivity index (χ4n) is 2.51. The summed E-state index contributed by atoms with van der Waals surface area (Å²) in [6.07, 6.45) is 1.70. The Bertz CT molecular complexity index is 589. The maximum atomic E-state index is 13.0. The summed E-state index contributed by atoms with van der Waals surface area (Å²) in [5, 5.41) is 0.398. The van der Waals surface area contributed by atoms with Gasteiger partial charge in [-0.25, -0.2) is 8.42 Å². The van der Waals surface area contributed by atoms with E-state index in [4.69, 9.17) is 11.6 Å². The molecule has 118 valence electrons. The van der Waals surface area contributed by atoms with Gasteiger partial charge in [0.25, 0.3) is 0 Å². The molecule has 1 fully saturated rings. The zero-order valence-corrected chi connectivity index (χ0v) is 14.9. The van der Waals surface area contributed by atoms with Crippen LogP contribution in [0.15, 0.2) is 23.1 Å². The Labute approximate surface area is 137 Å². The van der Waals surface area contributed by atoms with Gasteiger partial charge in [0, 0.05) is 30.0 Å². The van der Waals surface area contributed by atoms with E-state index in [2.05, 4.69) is 6.92 Å². The van der Waals surface area contributed by atoms with Crippen molar-refractivity contribution in [3.63, 3.8) is 0 Å². The van der Waals surface area contributed by atoms with E-state index in [-0.39, 0.29) is 0 Å². The maximum Gasteiger partial charge on any atom is 0.243 e. The van der Waals surface area contributed by atoms with E-state index >= 15 is 0 Å². The van der Waals surface area contributed by atoms with Crippen molar-refractivity contribution >= 4 is 33.4 Å². The van der Waals surface area contributed by atoms with Crippen LogP contribution in [0.3, 0.4) is 0 Å². The number of hydrogen-bond donors (Lipinski definition) is 0. The zero-order chi connectivity index (χ0) is 15.5. The molecule has 0 spiro atoms. The molecule has 6 heteroatoms. The van der Waals surface area contributed by atoms with Crippen molar-refractivity contribution in [1.29, 1.82) is 0 Å². The number of thioether (sulfide) groups is 1. The molecule has 1 heterocycles. The molecule has 0 saturated carbocycles. The average Bonchev–Trinajstić information content (AvgIpc) is 2.54. The van der Waals surface area contributed by atoms with Gasteiger partial charge in [-0.05, 0) is 30.0 Å². The van der Waals surface area contributed by atoms with Crippen LogP contribution in [-0.4, -0.2) is 36.8 Å². The van der Waals surface area contributed by atoms with Gasteiger partial charge in [0.2, 0.25) is 10.0 Å². The minimum atomic E-state index is -3.42. The molecule has 21 heavy (non-hydrogen) atoms. The van der Waals surface area contributed by atoms with Gasteiger partial charge < -0.3 is 0 Å². The number of nitrogens with zero attached hydrogens (tertiary/aromatic N) is 1. The topological polar surface area (TPSA) is 37.4 Å². The Kier molecular flexibility index (Phi) is 6.00. The van der Waals surface area contributed by atoms with Gasteiger partial charge in [0.1, 0.15) is 0 Å². The smallest absolute Gasteiger partial charge is 0.207 e. The molecule has 1 atom stereocenters. The molecular formula is C15H22ClNO2S2. The summed E-state index contributed by atoms with van der Waals surface area (Å²) in [6, 6.07) is 5.54. The number of rotatable bonds is 5. The summed E-state index contributed by atoms with van der Waals surface area (Å²) >= 11 is 7.73. The molecule has 0 N–H and O–H groups in total. The molecule has 0 amide bonds. The van der Waals surface area contributed by atoms with E-state index < -0.39 is 10.0 Å². The van der Waals surface area contributed by atoms with Crippen LogP contribution >= 0.6 is 23.4 Å². The fraction of sp³-hybridized carbons (Fsp3) is 0.600. The summed E-state index contributed by atoms with van der Waals surface area (Å²) in [6.45, 7) is 5.30. The van der Waals surface area contributed by atoms with E-state index in [1.54, 1.807) is 10.4 Å². The van der Waals surface area contributed by atoms with E-state index in [9.17, 15) is 8.42 Å². The predicted molar refractivity (Wildman–Crippen MR) is 90.7 cm³/mol. The van der Waals surface area contributed by atoms with E-state index in [1.807, 2.05) is 30.8 Å². The lowest BCUT2D eigenvalue weighted by Gasteiger charge is -2.31. The Morgan fingerprint density at radius 3 is 2.76 bits per heavy atom. The molecule has 1 aromatic rings. The molecule has 1 aliphatic heterocycles. The second kappa shape index (κ2) is 7.36. The van der Waals surface area contributed by atoms with Gasteiger partial charge in [0.15, 0.2) is 0 Å². The molecule has 1 saturated heterocycles. The van der Waals surface area contributed by atoms with Gasteiger partial charge in [-0.2, -0.15) is 16.1 Å². The fourth-order valence-corrected chi connectivity index (χ4v) is 5.90. The van der Waals surface area contributed by atoms with Crippen molar-refractivity contribution in [1.82, 2.24) is 4.31 Å². The van der Waals surface area contributed by atoms with Gasteiger partial charge in [0.05, 0.1) is 4.90 Å². The molecule has 0 aromatic heterocycles. The second-order valence-corrected chi connectivity index (χ2v) is 8.78. The van der Waals surface area contributed by atoms with Gasteiger partial charge in [-0.3, -0.25) is 0 Å². The number of aryl methyl sites for hydroxylation is 1. The minimum absolute atomic E-state index is 0.333. The third-order valence-corrected chi connectivity index (χ3v) is 7.47. The zero-order valence-electron chi connectivity index (χ0n) is 12.5. The number of benzene rings is 1. The van der Waals surface area contributed by atoms with Crippen LogP contribution in [0.25, 0.3) is 0 Å². The predicted octanol–water partition coefficient (Wildman–Crippen LogP) is 3.50. The normalized spacial score (nSPS) is 20.6. The lowest BCUT2D eigenvalue weighted by atomic mass is 10.1. The van der Waals surface area contributed by atoms with Crippen LogP contribution in [-0.2, 0) is 22.3 Å². The molecule has 2 rings (SSSR count). The quantitative estimate of drug-likeness (QED) is 0.765. The first-order chi connectivity index (χ1) is 10.0. The van der Waals surface area contributed by atoms with Crippen LogP contribution in [0.5, 0.6) is 0 Å². The van der Waals surface area contributed by atoms with E-state index in [0.29, 0.717) is 35.5 Å². The van der Waals surface area contributed by atoms with Crippen LogP contribution < -0.4 is 0 Å². The highest BCUT2D eigenvalue weighted by Gasteiger charge is 2.31. The summed E-state index contributed by atoms with van der Waals surface area (Å²) < 4.78 is 27.6. The lowest BCUT2D eigenvalue weighted by Crippen LogP contribution is -2.42. The SMILES string of the molecule is CCc1ccc(CCl)cc1S(=O)(=O)N1CCSC(CC)C1. The molecule has 1 aliphatic rings. The summed E-state index contributed by atoms with van der Waals surface area (Å²) in [7, 11) is -3.42. The minimum Gasteiger partial charge on any atom is -0.207 e. The number of alkyl halides is 1. The van der Waals surface area contributed by atoms with Crippen molar-refractivity contribution in [2.45, 2.75) is 42.7 Å². The first kappa shape index (κ1) is 17.1. The largest absolute Gasteiger partial charge is 0.243 e. The number of hydrogen-bond acceptors (Lipinski definition) is 3. The molecule has 0 bridgehead atoms. The Morgan fingerprint density at radius 1 is 1.38 bits per heavy atom. The van der Waals surface area contributed by atoms with E-state index in [1.165, 1.54) is 0 Å². The van der Waals surface area contributed by atoms with E-state index in [0.717, 1.165) is 23.3 Å². The van der Waals surface area contributed by atoms with Crippen molar-refractivity contribution in [2.24, 2.45) is 0 Å². The average molecular weight is 348 g/mol. The maximum absolute atomic E-state index is 13.0.